The third-order valence-electron chi connectivity index (χ3n) is 3.49. The van der Waals surface area contributed by atoms with Crippen LogP contribution in [0.5, 0.6) is 0 Å². The van der Waals surface area contributed by atoms with Gasteiger partial charge in [-0.05, 0) is 25.0 Å². The number of nitrogens with zero attached hydrogens (tertiary/aromatic N) is 2. The normalized spacial score (nSPS) is 22.7. The highest BCUT2D eigenvalue weighted by atomic mass is 16.4. The third-order valence-corrected chi connectivity index (χ3v) is 3.49. The fraction of sp³-hybridized carbons (Fsp3) is 0.538. The van der Waals surface area contributed by atoms with Crippen LogP contribution in [0.15, 0.2) is 18.3 Å². The summed E-state index contributed by atoms with van der Waals surface area (Å²) in [5, 5.41) is 19.5. The molecule has 19 heavy (non-hydrogen) atoms. The van der Waals surface area contributed by atoms with E-state index in [1.807, 2.05) is 0 Å². The molecule has 1 aromatic rings. The van der Waals surface area contributed by atoms with E-state index in [1.54, 1.807) is 18.3 Å². The van der Waals surface area contributed by atoms with Crippen LogP contribution in [0.2, 0.25) is 0 Å². The van der Waals surface area contributed by atoms with E-state index in [-0.39, 0.29) is 12.5 Å². The maximum absolute atomic E-state index is 12.1. The van der Waals surface area contributed by atoms with Crippen LogP contribution in [-0.4, -0.2) is 27.2 Å². The quantitative estimate of drug-likeness (QED) is 0.845. The smallest absolute Gasteiger partial charge is 0.307 e. The van der Waals surface area contributed by atoms with Gasteiger partial charge < -0.3 is 10.4 Å². The average molecular weight is 263 g/mol. The molecular formula is C13H17N3O3. The Morgan fingerprint density at radius 3 is 2.68 bits per heavy atom. The molecule has 2 atom stereocenters. The van der Waals surface area contributed by atoms with Crippen molar-refractivity contribution in [3.05, 3.63) is 24.0 Å². The molecule has 102 valence electrons. The van der Waals surface area contributed by atoms with Crippen LogP contribution in [0.1, 0.15) is 31.4 Å². The Bertz CT molecular complexity index is 450. The molecular weight excluding hydrogens is 246 g/mol. The lowest BCUT2D eigenvalue weighted by molar-refractivity contribution is -0.148. The molecule has 1 aliphatic rings. The van der Waals surface area contributed by atoms with Crippen LogP contribution in [0.3, 0.4) is 0 Å². The number of aromatic nitrogens is 2. The van der Waals surface area contributed by atoms with E-state index in [0.717, 1.165) is 12.8 Å². The Balaban J connectivity index is 1.93. The summed E-state index contributed by atoms with van der Waals surface area (Å²) in [4.78, 5) is 23.2. The topological polar surface area (TPSA) is 92.2 Å². The lowest BCUT2D eigenvalue weighted by atomic mass is 9.79. The van der Waals surface area contributed by atoms with Crippen molar-refractivity contribution in [3.63, 3.8) is 0 Å². The van der Waals surface area contributed by atoms with E-state index < -0.39 is 17.8 Å². The Morgan fingerprint density at radius 2 is 2.05 bits per heavy atom. The molecule has 1 aromatic heterocycles. The zero-order valence-electron chi connectivity index (χ0n) is 10.6. The van der Waals surface area contributed by atoms with Crippen LogP contribution in [0.4, 0.5) is 0 Å². The van der Waals surface area contributed by atoms with Crippen molar-refractivity contribution in [2.75, 3.05) is 0 Å². The number of nitrogens with one attached hydrogen (secondary N) is 1. The van der Waals surface area contributed by atoms with Gasteiger partial charge in [0, 0.05) is 6.20 Å². The first kappa shape index (κ1) is 13.5. The Hall–Kier alpha value is -1.98. The van der Waals surface area contributed by atoms with Gasteiger partial charge >= 0.3 is 5.97 Å². The summed E-state index contributed by atoms with van der Waals surface area (Å²) < 4.78 is 0. The summed E-state index contributed by atoms with van der Waals surface area (Å²) >= 11 is 0. The van der Waals surface area contributed by atoms with Crippen molar-refractivity contribution in [2.24, 2.45) is 11.8 Å². The summed E-state index contributed by atoms with van der Waals surface area (Å²) in [6, 6.07) is 3.51. The summed E-state index contributed by atoms with van der Waals surface area (Å²) in [7, 11) is 0. The second kappa shape index (κ2) is 6.26. The van der Waals surface area contributed by atoms with Crippen LogP contribution in [0.25, 0.3) is 0 Å². The predicted molar refractivity (Wildman–Crippen MR) is 67.0 cm³/mol. The summed E-state index contributed by atoms with van der Waals surface area (Å²) in [5.41, 5.74) is 0.665. The third kappa shape index (κ3) is 3.49. The van der Waals surface area contributed by atoms with E-state index in [2.05, 4.69) is 15.5 Å². The maximum atomic E-state index is 12.1. The minimum absolute atomic E-state index is 0.197. The van der Waals surface area contributed by atoms with Gasteiger partial charge in [0.05, 0.1) is 24.1 Å². The first-order valence-corrected chi connectivity index (χ1v) is 6.45. The van der Waals surface area contributed by atoms with Gasteiger partial charge in [-0.15, -0.1) is 0 Å². The Labute approximate surface area is 111 Å². The molecule has 6 heteroatoms. The monoisotopic (exact) mass is 263 g/mol. The largest absolute Gasteiger partial charge is 0.481 e. The first-order chi connectivity index (χ1) is 9.18. The van der Waals surface area contributed by atoms with Gasteiger partial charge in [-0.3, -0.25) is 9.59 Å². The van der Waals surface area contributed by atoms with E-state index in [4.69, 9.17) is 5.11 Å². The van der Waals surface area contributed by atoms with Gasteiger partial charge in [0.2, 0.25) is 5.91 Å². The zero-order chi connectivity index (χ0) is 13.7. The summed E-state index contributed by atoms with van der Waals surface area (Å²) in [6.07, 6.45) is 4.58. The standard InChI is InChI=1S/C13H17N3O3/c17-12(14-8-9-4-3-7-15-16-9)10-5-1-2-6-11(10)13(18)19/h3-4,7,10-11H,1-2,5-6,8H2,(H,14,17)(H,18,19)/t10-,11+/m1/s1. The minimum atomic E-state index is -0.876. The fourth-order valence-corrected chi connectivity index (χ4v) is 2.48. The zero-order valence-corrected chi connectivity index (χ0v) is 10.6. The number of amides is 1. The van der Waals surface area contributed by atoms with Crippen molar-refractivity contribution in [1.29, 1.82) is 0 Å². The maximum Gasteiger partial charge on any atom is 0.307 e. The van der Waals surface area contributed by atoms with Gasteiger partial charge in [0.15, 0.2) is 0 Å². The Morgan fingerprint density at radius 1 is 1.32 bits per heavy atom. The molecule has 6 nitrogen and oxygen atoms in total. The number of carbonyl (C=O) groups is 2. The molecule has 0 aromatic carbocycles. The number of carboxylic acids is 1. The highest BCUT2D eigenvalue weighted by molar-refractivity contribution is 5.84. The molecule has 0 bridgehead atoms. The minimum Gasteiger partial charge on any atom is -0.481 e. The Kier molecular flexibility index (Phi) is 4.43. The lowest BCUT2D eigenvalue weighted by Gasteiger charge is -2.27. The molecule has 1 fully saturated rings. The molecule has 0 aliphatic heterocycles. The average Bonchev–Trinajstić information content (AvgIpc) is 2.46. The molecule has 1 saturated carbocycles. The first-order valence-electron chi connectivity index (χ1n) is 6.45. The molecule has 0 saturated heterocycles. The molecule has 2 N–H and O–H groups in total. The van der Waals surface area contributed by atoms with Crippen molar-refractivity contribution in [3.8, 4) is 0 Å². The highest BCUT2D eigenvalue weighted by Gasteiger charge is 2.35. The van der Waals surface area contributed by atoms with E-state index in [0.29, 0.717) is 18.5 Å². The molecule has 2 rings (SSSR count). The van der Waals surface area contributed by atoms with Crippen LogP contribution in [0, 0.1) is 11.8 Å². The van der Waals surface area contributed by atoms with E-state index in [1.165, 1.54) is 0 Å². The molecule has 1 heterocycles. The number of aliphatic carboxylic acids is 1. The van der Waals surface area contributed by atoms with Crippen molar-refractivity contribution in [2.45, 2.75) is 32.2 Å². The van der Waals surface area contributed by atoms with E-state index in [9.17, 15) is 9.59 Å². The number of hydrogen-bond acceptors (Lipinski definition) is 4. The highest BCUT2D eigenvalue weighted by Crippen LogP contribution is 2.30. The molecule has 0 spiro atoms. The molecule has 1 amide bonds. The summed E-state index contributed by atoms with van der Waals surface area (Å²) in [5.74, 6) is -2.06. The number of hydrogen-bond donors (Lipinski definition) is 2. The fourth-order valence-electron chi connectivity index (χ4n) is 2.48. The molecule has 1 aliphatic carbocycles. The van der Waals surface area contributed by atoms with Gasteiger partial charge in [-0.1, -0.05) is 12.8 Å². The van der Waals surface area contributed by atoms with Gasteiger partial charge in [0.1, 0.15) is 0 Å². The van der Waals surface area contributed by atoms with Crippen LogP contribution < -0.4 is 5.32 Å². The molecule has 0 radical (unpaired) electrons. The lowest BCUT2D eigenvalue weighted by Crippen LogP contribution is -2.39. The van der Waals surface area contributed by atoms with Gasteiger partial charge in [-0.2, -0.15) is 10.2 Å². The molecule has 0 unspecified atom stereocenters. The van der Waals surface area contributed by atoms with Crippen LogP contribution in [-0.2, 0) is 16.1 Å². The predicted octanol–water partition coefficient (Wildman–Crippen LogP) is 0.984. The summed E-state index contributed by atoms with van der Waals surface area (Å²) in [6.45, 7) is 0.287. The number of rotatable bonds is 4. The SMILES string of the molecule is O=C(O)[C@H]1CCCC[C@H]1C(=O)NCc1cccnn1. The number of carbonyl (C=O) groups excluding carboxylic acids is 1. The van der Waals surface area contributed by atoms with Crippen molar-refractivity contribution < 1.29 is 14.7 Å². The van der Waals surface area contributed by atoms with Crippen molar-refractivity contribution in [1.82, 2.24) is 15.5 Å². The second-order valence-corrected chi connectivity index (χ2v) is 4.77. The van der Waals surface area contributed by atoms with Gasteiger partial charge in [-0.25, -0.2) is 0 Å². The van der Waals surface area contributed by atoms with E-state index >= 15 is 0 Å². The van der Waals surface area contributed by atoms with Gasteiger partial charge in [0.25, 0.3) is 0 Å². The second-order valence-electron chi connectivity index (χ2n) is 4.77. The van der Waals surface area contributed by atoms with Crippen LogP contribution >= 0.6 is 0 Å². The van der Waals surface area contributed by atoms with Crippen molar-refractivity contribution >= 4 is 11.9 Å². The number of carboxylic acid groups (broad SMARTS) is 1.